The molecule has 18 heteroatoms. The summed E-state index contributed by atoms with van der Waals surface area (Å²) in [7, 11) is 2.58. The number of aliphatic imine (C=N–C) groups is 1. The van der Waals surface area contributed by atoms with Gasteiger partial charge in [-0.25, -0.2) is 4.79 Å². The normalized spacial score (nSPS) is 30.8. The number of benzene rings is 3. The Morgan fingerprint density at radius 2 is 1.84 bits per heavy atom. The van der Waals surface area contributed by atoms with Crippen LogP contribution in [0, 0.1) is 17.8 Å². The number of carboxylic acid groups (broad SMARTS) is 1. The number of allylic oxidation sites excluding steroid dienone is 2. The Morgan fingerprint density at radius 1 is 1.08 bits per heavy atom. The van der Waals surface area contributed by atoms with Gasteiger partial charge in [0.05, 0.1) is 17.7 Å². The number of nitrogens with two attached hydrogens (primary N) is 1. The van der Waals surface area contributed by atoms with E-state index in [-0.39, 0.29) is 70.7 Å². The van der Waals surface area contributed by atoms with Gasteiger partial charge < -0.3 is 55.3 Å². The van der Waals surface area contributed by atoms with E-state index in [0.29, 0.717) is 24.3 Å². The Balaban J connectivity index is 1.25. The molecule has 0 aromatic heterocycles. The van der Waals surface area contributed by atoms with Crippen molar-refractivity contribution in [2.75, 3.05) is 24.8 Å². The number of aliphatic carboxylic acids is 1. The highest BCUT2D eigenvalue weighted by Gasteiger charge is 2.72. The first-order valence-electron chi connectivity index (χ1n) is 19.7. The molecule has 16 nitrogen and oxygen atoms in total. The summed E-state index contributed by atoms with van der Waals surface area (Å²) in [6.07, 6.45) is -1.86. The molecule has 0 radical (unpaired) electrons. The van der Waals surface area contributed by atoms with Gasteiger partial charge in [0.2, 0.25) is 18.0 Å². The number of carboxylic acids is 1. The number of ether oxygens (including phenoxy) is 4. The van der Waals surface area contributed by atoms with E-state index in [1.54, 1.807) is 0 Å². The van der Waals surface area contributed by atoms with Crippen molar-refractivity contribution in [1.29, 1.82) is 0 Å². The molecule has 10 unspecified atom stereocenters. The maximum absolute atomic E-state index is 13.3. The molecule has 62 heavy (non-hydrogen) atoms. The lowest BCUT2D eigenvalue weighted by Crippen LogP contribution is -2.82. The maximum Gasteiger partial charge on any atom is 0.335 e. The number of phenolic OH excluding ortho intramolecular Hbond substituents is 1. The summed E-state index contributed by atoms with van der Waals surface area (Å²) in [5, 5.41) is 71.0. The fraction of sp³-hybridized carbons (Fsp3) is 0.364. The molecular formula is C44H47N3O13S2. The lowest BCUT2D eigenvalue weighted by molar-refractivity contribution is -0.364. The summed E-state index contributed by atoms with van der Waals surface area (Å²) in [4.78, 5) is 43.0. The molecule has 0 spiro atoms. The minimum atomic E-state index is -3.06. The van der Waals surface area contributed by atoms with Crippen LogP contribution in [-0.2, 0) is 23.9 Å². The van der Waals surface area contributed by atoms with Gasteiger partial charge in [0.1, 0.15) is 41.3 Å². The first-order valence-corrected chi connectivity index (χ1v) is 22.2. The summed E-state index contributed by atoms with van der Waals surface area (Å²) in [5.74, 6) is -3.60. The minimum Gasteiger partial charge on any atom is -0.508 e. The van der Waals surface area contributed by atoms with Gasteiger partial charge >= 0.3 is 5.97 Å². The highest BCUT2D eigenvalue weighted by Crippen LogP contribution is 2.47. The zero-order valence-corrected chi connectivity index (χ0v) is 35.0. The van der Waals surface area contributed by atoms with Crippen molar-refractivity contribution >= 4 is 63.4 Å². The molecule has 4 aliphatic rings. The molecular weight excluding hydrogens is 843 g/mol. The average molecular weight is 890 g/mol. The fourth-order valence-corrected chi connectivity index (χ4v) is 10.3. The Hall–Kier alpha value is -5.18. The van der Waals surface area contributed by atoms with Crippen molar-refractivity contribution in [3.63, 3.8) is 0 Å². The van der Waals surface area contributed by atoms with E-state index in [9.17, 15) is 45.0 Å². The van der Waals surface area contributed by atoms with Crippen molar-refractivity contribution in [3.05, 3.63) is 107 Å². The molecule has 3 aromatic carbocycles. The number of rotatable bonds is 11. The van der Waals surface area contributed by atoms with Gasteiger partial charge in [-0.1, -0.05) is 89.2 Å². The number of phenols is 1. The van der Waals surface area contributed by atoms with Crippen LogP contribution in [0.15, 0.2) is 95.5 Å². The summed E-state index contributed by atoms with van der Waals surface area (Å²) >= 11 is 0. The van der Waals surface area contributed by atoms with Crippen molar-refractivity contribution < 1.29 is 64.0 Å². The summed E-state index contributed by atoms with van der Waals surface area (Å²) < 4.78 is 23.8. The van der Waals surface area contributed by atoms with Crippen LogP contribution in [0.1, 0.15) is 30.0 Å². The van der Waals surface area contributed by atoms with Crippen LogP contribution < -0.4 is 20.5 Å². The number of hydrogen-bond acceptors (Lipinski definition) is 16. The lowest BCUT2D eigenvalue weighted by atomic mass is 9.72. The Bertz CT molecular complexity index is 2260. The standard InChI is InChI=1S/C44H47N3O13S2/c1-24(6-5-9-25-7-3-2-4-8-25)31-20-47-41(55)44(56)42(60-37(40(53)54)38(51)43(44,22-48)57-23-62-61-21-32(31)27-16-17-46-19-27)58-29-14-15-30-33(18-29)59-36(39(45)52)34(35(30)50)26-10-12-28(49)13-11-26/h2-5,7-16,18-19,22,24,31-32,36-38,41-42,47,49-51,55-56H,6,17,20-21,23H2,1H3,(H2,45,52)(H,53,54). The molecule has 0 bridgehead atoms. The first kappa shape index (κ1) is 44.9. The second kappa shape index (κ2) is 19.1. The number of aromatic hydroxyl groups is 1. The van der Waals surface area contributed by atoms with E-state index in [0.717, 1.165) is 21.9 Å². The molecule has 2 fully saturated rings. The zero-order chi connectivity index (χ0) is 44.2. The van der Waals surface area contributed by atoms with Crippen LogP contribution in [0.3, 0.4) is 0 Å². The largest absolute Gasteiger partial charge is 0.508 e. The molecule has 2 saturated heterocycles. The third-order valence-electron chi connectivity index (χ3n) is 11.7. The molecule has 0 saturated carbocycles. The summed E-state index contributed by atoms with van der Waals surface area (Å²) in [5.41, 5.74) is 2.24. The Morgan fingerprint density at radius 3 is 2.52 bits per heavy atom. The van der Waals surface area contributed by atoms with Crippen LogP contribution in [-0.4, -0.2) is 122 Å². The zero-order valence-electron chi connectivity index (χ0n) is 33.4. The number of nitrogens with one attached hydrogen (secondary N) is 1. The van der Waals surface area contributed by atoms with E-state index >= 15 is 0 Å². The molecule has 10 atom stereocenters. The van der Waals surface area contributed by atoms with Crippen LogP contribution in [0.5, 0.6) is 17.2 Å². The average Bonchev–Trinajstić information content (AvgIpc) is 3.80. The van der Waals surface area contributed by atoms with E-state index < -0.39 is 53.9 Å². The molecule has 4 heterocycles. The maximum atomic E-state index is 13.3. The first-order chi connectivity index (χ1) is 29.8. The van der Waals surface area contributed by atoms with Crippen LogP contribution in [0.2, 0.25) is 0 Å². The van der Waals surface area contributed by atoms with Crippen LogP contribution in [0.25, 0.3) is 17.4 Å². The number of carbonyl (C=O) groups excluding carboxylic acids is 2. The number of aldehydes is 1. The lowest BCUT2D eigenvalue weighted by Gasteiger charge is -2.55. The number of fused-ring (bicyclic) bond motifs is 2. The molecule has 3 aromatic rings. The van der Waals surface area contributed by atoms with Gasteiger partial charge in [-0.3, -0.25) is 19.9 Å². The van der Waals surface area contributed by atoms with Crippen molar-refractivity contribution in [2.45, 2.75) is 55.4 Å². The number of aliphatic hydroxyl groups excluding tert-OH is 3. The van der Waals surface area contributed by atoms with Gasteiger partial charge in [0.25, 0.3) is 5.91 Å². The second-order valence-corrected chi connectivity index (χ2v) is 17.8. The molecule has 328 valence electrons. The van der Waals surface area contributed by atoms with Gasteiger partial charge in [0, 0.05) is 24.6 Å². The highest BCUT2D eigenvalue weighted by molar-refractivity contribution is 8.76. The number of aliphatic hydroxyl groups is 4. The van der Waals surface area contributed by atoms with Crippen LogP contribution in [0.4, 0.5) is 0 Å². The predicted molar refractivity (Wildman–Crippen MR) is 232 cm³/mol. The number of hydrogen-bond donors (Lipinski definition) is 8. The van der Waals surface area contributed by atoms with Crippen molar-refractivity contribution in [3.8, 4) is 17.2 Å². The molecule has 1 amide bonds. The third-order valence-corrected chi connectivity index (χ3v) is 13.7. The SMILES string of the molecule is CC(CC=Cc1ccccc1)C1CNC(O)C2(O)C(Oc3ccc4c(c3)OC(C(N)=O)C(c3ccc(O)cc3)=C4O)OC(C(=O)O)C(O)C2(C=O)OCSSCC1C1=CCN=C1. The van der Waals surface area contributed by atoms with E-state index in [4.69, 9.17) is 24.7 Å². The quantitative estimate of drug-likeness (QED) is 0.101. The highest BCUT2D eigenvalue weighted by atomic mass is 33.1. The number of carbonyl (C=O) groups is 3. The van der Waals surface area contributed by atoms with Crippen LogP contribution >= 0.6 is 21.6 Å². The summed E-state index contributed by atoms with van der Waals surface area (Å²) in [6.45, 7) is 2.63. The fourth-order valence-electron chi connectivity index (χ4n) is 8.25. The topological polar surface area (TPSA) is 260 Å². The molecule has 9 N–H and O–H groups in total. The number of nitrogens with zero attached hydrogens (tertiary/aromatic N) is 1. The van der Waals surface area contributed by atoms with Crippen molar-refractivity contribution in [1.82, 2.24) is 5.32 Å². The van der Waals surface area contributed by atoms with Gasteiger partial charge in [0.15, 0.2) is 18.0 Å². The number of primary amides is 1. The van der Waals surface area contributed by atoms with E-state index in [1.165, 1.54) is 53.3 Å². The van der Waals surface area contributed by atoms with E-state index in [1.807, 2.05) is 48.7 Å². The van der Waals surface area contributed by atoms with E-state index in [2.05, 4.69) is 23.3 Å². The van der Waals surface area contributed by atoms with Crippen molar-refractivity contribution in [2.24, 2.45) is 28.5 Å². The third kappa shape index (κ3) is 8.74. The minimum absolute atomic E-state index is 0.0202. The summed E-state index contributed by atoms with van der Waals surface area (Å²) in [6, 6.07) is 19.3. The van der Waals surface area contributed by atoms with Gasteiger partial charge in [-0.05, 0) is 65.1 Å². The predicted octanol–water partition coefficient (Wildman–Crippen LogP) is 3.54. The number of amides is 1. The molecule has 4 aliphatic heterocycles. The Labute approximate surface area is 364 Å². The molecule has 0 aliphatic carbocycles. The van der Waals surface area contributed by atoms with Gasteiger partial charge in [-0.15, -0.1) is 0 Å². The van der Waals surface area contributed by atoms with Gasteiger partial charge in [-0.2, -0.15) is 0 Å². The second-order valence-electron chi connectivity index (χ2n) is 15.4. The monoisotopic (exact) mass is 889 g/mol. The Kier molecular flexibility index (Phi) is 13.8. The smallest absolute Gasteiger partial charge is 0.335 e. The molecule has 7 rings (SSSR count).